The molecule has 282 valence electrons. The zero-order valence-electron chi connectivity index (χ0n) is 31.8. The first kappa shape index (κ1) is 32.4. The van der Waals surface area contributed by atoms with Gasteiger partial charge in [0.2, 0.25) is 0 Å². The molecule has 4 aromatic carbocycles. The van der Waals surface area contributed by atoms with Crippen LogP contribution >= 0.6 is 0 Å². The van der Waals surface area contributed by atoms with Gasteiger partial charge < -0.3 is 0 Å². The zero-order valence-corrected chi connectivity index (χ0v) is 34.1. The topological polar surface area (TPSA) is 49.9 Å². The number of rotatable bonds is 2. The van der Waals surface area contributed by atoms with Crippen molar-refractivity contribution in [2.75, 3.05) is 26.4 Å². The van der Waals surface area contributed by atoms with Crippen LogP contribution in [0.4, 0.5) is 0 Å². The van der Waals surface area contributed by atoms with Gasteiger partial charge in [0.25, 0.3) is 0 Å². The van der Waals surface area contributed by atoms with Crippen molar-refractivity contribution in [3.63, 3.8) is 0 Å². The van der Waals surface area contributed by atoms with Crippen molar-refractivity contribution >= 4 is 8.29 Å². The fourth-order valence-electron chi connectivity index (χ4n) is 9.32. The Bertz CT molecular complexity index is 2340. The summed E-state index contributed by atoms with van der Waals surface area (Å²) in [5.74, 6) is 3.28. The second-order valence-electron chi connectivity index (χ2n) is 17.7. The third-order valence-electron chi connectivity index (χ3n) is 12.4. The summed E-state index contributed by atoms with van der Waals surface area (Å²) >= 11 is -0.843. The van der Waals surface area contributed by atoms with E-state index < -0.39 is 17.6 Å². The quantitative estimate of drug-likeness (QED) is 0.188. The van der Waals surface area contributed by atoms with Gasteiger partial charge in [-0.05, 0) is 0 Å². The van der Waals surface area contributed by atoms with E-state index in [0.717, 1.165) is 45.8 Å². The molecule has 0 aromatic heterocycles. The SMILES string of the molecule is CC(C)(C)c1ccc(-c2ccc3[c-]c2C2COC4=C5OCC6c7[c-]c(ccc7-c7ccc(C(C)(C)C)cc7)C7COC8=C9OCC3N9[C](=[Pt]=[C](N42)N56)N87)cc1. The minimum absolute atomic E-state index is 0.0160. The van der Waals surface area contributed by atoms with Crippen LogP contribution in [0.15, 0.2) is 96.3 Å². The molecule has 4 atom stereocenters. The monoisotopic (exact) mass is 909 g/mol. The molecule has 8 heterocycles. The molecule has 0 amide bonds. The fourth-order valence-corrected chi connectivity index (χ4v) is 13.2. The third-order valence-corrected chi connectivity index (χ3v) is 15.6. The van der Waals surface area contributed by atoms with Gasteiger partial charge in [-0.25, -0.2) is 0 Å². The molecule has 12 rings (SSSR count). The molecule has 4 fully saturated rings. The van der Waals surface area contributed by atoms with Gasteiger partial charge in [0.1, 0.15) is 0 Å². The van der Waals surface area contributed by atoms with Crippen molar-refractivity contribution in [1.82, 2.24) is 19.6 Å². The summed E-state index contributed by atoms with van der Waals surface area (Å²) in [5.41, 5.74) is 12.1. The summed E-state index contributed by atoms with van der Waals surface area (Å²) in [6.07, 6.45) is 0. The maximum absolute atomic E-state index is 6.77. The molecule has 9 heteroatoms. The van der Waals surface area contributed by atoms with E-state index in [1.54, 1.807) is 0 Å². The van der Waals surface area contributed by atoms with E-state index in [-0.39, 0.29) is 35.0 Å². The van der Waals surface area contributed by atoms with Crippen LogP contribution in [0.3, 0.4) is 0 Å². The molecule has 55 heavy (non-hydrogen) atoms. The maximum atomic E-state index is 6.77. The first-order chi connectivity index (χ1) is 26.5. The Kier molecular flexibility index (Phi) is 6.45. The van der Waals surface area contributed by atoms with E-state index in [1.165, 1.54) is 41.7 Å². The Morgan fingerprint density at radius 3 is 1.18 bits per heavy atom. The predicted molar refractivity (Wildman–Crippen MR) is 205 cm³/mol. The van der Waals surface area contributed by atoms with E-state index in [4.69, 9.17) is 18.9 Å². The summed E-state index contributed by atoms with van der Waals surface area (Å²) in [6, 6.07) is 35.2. The third kappa shape index (κ3) is 4.43. The van der Waals surface area contributed by atoms with E-state index in [1.807, 2.05) is 0 Å². The molecule has 8 aliphatic heterocycles. The average molecular weight is 910 g/mol. The van der Waals surface area contributed by atoms with Gasteiger partial charge in [0.15, 0.2) is 0 Å². The Hall–Kier alpha value is -4.81. The summed E-state index contributed by atoms with van der Waals surface area (Å²) in [4.78, 5) is 9.80. The number of hydrogen-bond acceptors (Lipinski definition) is 8. The molecule has 8 nitrogen and oxygen atoms in total. The fraction of sp³-hybridized carbons (Fsp3) is 0.348. The standard InChI is InChI=1S/C46H42N4O4.Pt/c1-45(2,3)31-13-7-27(8-14-31)33-17-11-29-19-35(33)39-23-53-43-44-50(26-49(39)43)40(24-54-44)36-20-30(12-18-34(36)28-9-15-32(16-10-28)46(4,5)6)38-22-52-42-41-47(25-48(38)42)37(29)21-51-41;/h7-18,37-40H,21-24H2,1-6H3;/q-2;. The molecule has 0 saturated carbocycles. The van der Waals surface area contributed by atoms with Crippen molar-refractivity contribution in [3.05, 3.63) is 142 Å². The van der Waals surface area contributed by atoms with Crippen LogP contribution in [0, 0.1) is 12.1 Å². The molecular weight excluding hydrogens is 868 g/mol. The molecule has 8 aliphatic rings. The molecule has 0 aliphatic carbocycles. The van der Waals surface area contributed by atoms with Crippen LogP contribution in [0.1, 0.15) is 99.1 Å². The van der Waals surface area contributed by atoms with Crippen LogP contribution in [0.25, 0.3) is 22.3 Å². The van der Waals surface area contributed by atoms with Crippen LogP contribution in [-0.4, -0.2) is 54.3 Å². The van der Waals surface area contributed by atoms with Crippen LogP contribution in [0.5, 0.6) is 0 Å². The van der Waals surface area contributed by atoms with Crippen LogP contribution in [-0.2, 0) is 47.4 Å². The number of hydrogen-bond donors (Lipinski definition) is 0. The Morgan fingerprint density at radius 2 is 0.818 bits per heavy atom. The summed E-state index contributed by atoms with van der Waals surface area (Å²) < 4.78 is 29.3. The molecule has 6 bridgehead atoms. The number of fused-ring (bicyclic) bond motifs is 8. The van der Waals surface area contributed by atoms with Gasteiger partial charge in [-0.1, -0.05) is 0 Å². The van der Waals surface area contributed by atoms with Crippen molar-refractivity contribution in [1.29, 1.82) is 0 Å². The minimum atomic E-state index is -0.843. The summed E-state index contributed by atoms with van der Waals surface area (Å²) in [6.45, 7) is 15.7. The number of nitrogens with zero attached hydrogens (tertiary/aromatic N) is 4. The number of benzene rings is 4. The van der Waals surface area contributed by atoms with Crippen LogP contribution < -0.4 is 0 Å². The molecular formula is C46H42N4O4Pt-2. The molecule has 4 unspecified atom stereocenters. The van der Waals surface area contributed by atoms with Crippen molar-refractivity contribution in [2.45, 2.75) is 76.5 Å². The van der Waals surface area contributed by atoms with Gasteiger partial charge in [0, 0.05) is 0 Å². The van der Waals surface area contributed by atoms with Gasteiger partial charge in [-0.15, -0.1) is 0 Å². The second kappa shape index (κ2) is 10.9. The van der Waals surface area contributed by atoms with Gasteiger partial charge in [0.05, 0.1) is 0 Å². The van der Waals surface area contributed by atoms with E-state index >= 15 is 0 Å². The van der Waals surface area contributed by atoms with E-state index in [0.29, 0.717) is 26.4 Å². The first-order valence-electron chi connectivity index (χ1n) is 19.4. The zero-order chi connectivity index (χ0) is 37.1. The van der Waals surface area contributed by atoms with E-state index in [2.05, 4.69) is 146 Å². The Balaban J connectivity index is 1.08. The van der Waals surface area contributed by atoms with Crippen molar-refractivity contribution in [2.24, 2.45) is 0 Å². The first-order valence-corrected chi connectivity index (χ1v) is 21.6. The van der Waals surface area contributed by atoms with Gasteiger partial charge in [-0.2, -0.15) is 0 Å². The summed E-state index contributed by atoms with van der Waals surface area (Å²) in [7, 11) is 0. The number of ether oxygens (including phenoxy) is 4. The van der Waals surface area contributed by atoms with Crippen molar-refractivity contribution < 1.29 is 36.6 Å². The van der Waals surface area contributed by atoms with E-state index in [9.17, 15) is 0 Å². The molecule has 0 radical (unpaired) electrons. The molecule has 0 spiro atoms. The predicted octanol–water partition coefficient (Wildman–Crippen LogP) is 7.97. The summed E-state index contributed by atoms with van der Waals surface area (Å²) in [5, 5.41) is 0. The second-order valence-corrected chi connectivity index (χ2v) is 20.3. The van der Waals surface area contributed by atoms with Crippen LogP contribution in [0.2, 0.25) is 0 Å². The Labute approximate surface area is 330 Å². The molecule has 0 N–H and O–H groups in total. The Morgan fingerprint density at radius 1 is 0.473 bits per heavy atom. The molecule has 4 aromatic rings. The normalized spacial score (nSPS) is 25.3. The van der Waals surface area contributed by atoms with Gasteiger partial charge in [-0.3, -0.25) is 0 Å². The molecule has 4 saturated heterocycles. The average Bonchev–Trinajstić information content (AvgIpc) is 4.01. The van der Waals surface area contributed by atoms with Gasteiger partial charge >= 0.3 is 332 Å². The van der Waals surface area contributed by atoms with Crippen molar-refractivity contribution in [3.8, 4) is 22.3 Å².